The molecule has 1 aliphatic carbocycles. The summed E-state index contributed by atoms with van der Waals surface area (Å²) >= 11 is 0. The molecule has 2 aliphatic rings. The predicted octanol–water partition coefficient (Wildman–Crippen LogP) is 2.97. The first-order chi connectivity index (χ1) is 19.4. The van der Waals surface area contributed by atoms with Crippen molar-refractivity contribution in [3.05, 3.63) is 76.1 Å². The van der Waals surface area contributed by atoms with E-state index in [-0.39, 0.29) is 36.0 Å². The molecule has 0 spiro atoms. The van der Waals surface area contributed by atoms with E-state index in [0.717, 1.165) is 42.6 Å². The van der Waals surface area contributed by atoms with Crippen molar-refractivity contribution in [2.75, 3.05) is 25.2 Å². The Morgan fingerprint density at radius 1 is 1.05 bits per heavy atom. The Bertz CT molecular complexity index is 1390. The van der Waals surface area contributed by atoms with Gasteiger partial charge in [0.1, 0.15) is 17.7 Å². The molecule has 1 saturated carbocycles. The number of rotatable bonds is 9. The number of H-pyrrole nitrogens is 1. The minimum absolute atomic E-state index is 0.00266. The lowest BCUT2D eigenvalue weighted by atomic mass is 9.84. The number of carbonyl (C=O) groups is 2. The van der Waals surface area contributed by atoms with Gasteiger partial charge in [0.25, 0.3) is 5.91 Å². The van der Waals surface area contributed by atoms with Crippen molar-refractivity contribution in [2.45, 2.75) is 57.7 Å². The van der Waals surface area contributed by atoms with Crippen LogP contribution in [0.15, 0.2) is 53.5 Å². The van der Waals surface area contributed by atoms with Gasteiger partial charge in [-0.1, -0.05) is 25.0 Å². The lowest BCUT2D eigenvalue weighted by Gasteiger charge is -2.34. The second-order valence-electron chi connectivity index (χ2n) is 10.5. The molecular formula is C30H36N6O4. The van der Waals surface area contributed by atoms with Crippen LogP contribution in [0.5, 0.6) is 0 Å². The van der Waals surface area contributed by atoms with E-state index in [1.807, 2.05) is 25.1 Å². The fourth-order valence-electron chi connectivity index (χ4n) is 5.93. The molecule has 2 fully saturated rings. The molecule has 1 aliphatic heterocycles. The highest BCUT2D eigenvalue weighted by molar-refractivity contribution is 5.94. The van der Waals surface area contributed by atoms with Crippen molar-refractivity contribution in [3.8, 4) is 11.1 Å². The van der Waals surface area contributed by atoms with Crippen molar-refractivity contribution in [3.63, 3.8) is 0 Å². The molecule has 210 valence electrons. The van der Waals surface area contributed by atoms with Crippen LogP contribution in [0, 0.1) is 12.8 Å². The second-order valence-corrected chi connectivity index (χ2v) is 10.5. The van der Waals surface area contributed by atoms with Crippen LogP contribution in [-0.2, 0) is 16.1 Å². The zero-order valence-electron chi connectivity index (χ0n) is 23.0. The normalized spacial score (nSPS) is 20.1. The summed E-state index contributed by atoms with van der Waals surface area (Å²) in [6.07, 6.45) is 6.96. The number of benzene rings is 1. The largest absolute Gasteiger partial charge is 0.383 e. The zero-order valence-corrected chi connectivity index (χ0v) is 23.0. The van der Waals surface area contributed by atoms with E-state index in [0.29, 0.717) is 36.2 Å². The summed E-state index contributed by atoms with van der Waals surface area (Å²) in [4.78, 5) is 51.6. The molecule has 40 heavy (non-hydrogen) atoms. The van der Waals surface area contributed by atoms with E-state index in [9.17, 15) is 14.4 Å². The van der Waals surface area contributed by atoms with E-state index < -0.39 is 0 Å². The van der Waals surface area contributed by atoms with Gasteiger partial charge in [-0.05, 0) is 61.4 Å². The average molecular weight is 545 g/mol. The van der Waals surface area contributed by atoms with Crippen LogP contribution >= 0.6 is 0 Å². The van der Waals surface area contributed by atoms with Crippen LogP contribution in [-0.4, -0.2) is 59.1 Å². The minimum atomic E-state index is -0.289. The standard InChI is InChI=1S/C30H36N6O4/c1-19-34-24(18-33-29(38)21-9-7-20(8-10-21)23-11-12-28(37)32-17-23)16-27(35-19)36-25-6-4-3-5-22(25)15-26(36)30(39)31-13-14-40-2/h7-12,16-17,22,25-26H,3-6,13-15,18H2,1-2H3,(H,31,39)(H,32,37)(H,33,38)/t22-,25-,26-/m0/s1. The van der Waals surface area contributed by atoms with Gasteiger partial charge in [0.15, 0.2) is 0 Å². The smallest absolute Gasteiger partial charge is 0.251 e. The first-order valence-corrected chi connectivity index (χ1v) is 13.9. The highest BCUT2D eigenvalue weighted by Crippen LogP contribution is 2.42. The summed E-state index contributed by atoms with van der Waals surface area (Å²) in [6.45, 7) is 3.02. The monoisotopic (exact) mass is 544 g/mol. The minimum Gasteiger partial charge on any atom is -0.383 e. The van der Waals surface area contributed by atoms with Crippen LogP contribution in [0.25, 0.3) is 11.1 Å². The van der Waals surface area contributed by atoms with Crippen molar-refractivity contribution in [2.24, 2.45) is 5.92 Å². The van der Waals surface area contributed by atoms with E-state index in [4.69, 9.17) is 9.72 Å². The molecule has 1 saturated heterocycles. The van der Waals surface area contributed by atoms with Gasteiger partial charge in [-0.15, -0.1) is 0 Å². The predicted molar refractivity (Wildman–Crippen MR) is 152 cm³/mol. The second kappa shape index (κ2) is 12.4. The van der Waals surface area contributed by atoms with Crippen molar-refractivity contribution in [1.82, 2.24) is 25.6 Å². The molecule has 10 nitrogen and oxygen atoms in total. The molecular weight excluding hydrogens is 508 g/mol. The van der Waals surface area contributed by atoms with Crippen molar-refractivity contribution in [1.29, 1.82) is 0 Å². The van der Waals surface area contributed by atoms with Gasteiger partial charge in [0.2, 0.25) is 11.5 Å². The average Bonchev–Trinajstić information content (AvgIpc) is 3.36. The lowest BCUT2D eigenvalue weighted by molar-refractivity contribution is -0.122. The third-order valence-corrected chi connectivity index (χ3v) is 7.83. The molecule has 3 heterocycles. The first-order valence-electron chi connectivity index (χ1n) is 13.9. The number of aromatic nitrogens is 3. The summed E-state index contributed by atoms with van der Waals surface area (Å²) in [5.74, 6) is 1.59. The van der Waals surface area contributed by atoms with Gasteiger partial charge in [-0.3, -0.25) is 14.4 Å². The summed E-state index contributed by atoms with van der Waals surface area (Å²) in [5, 5.41) is 5.98. The molecule has 0 radical (unpaired) electrons. The number of pyridine rings is 1. The van der Waals surface area contributed by atoms with Gasteiger partial charge < -0.3 is 25.3 Å². The highest BCUT2D eigenvalue weighted by atomic mass is 16.5. The molecule has 3 aromatic rings. The number of amides is 2. The Kier molecular flexibility index (Phi) is 8.54. The first kappa shape index (κ1) is 27.5. The van der Waals surface area contributed by atoms with E-state index in [1.165, 1.54) is 12.5 Å². The number of aryl methyl sites for hydroxylation is 1. The summed E-state index contributed by atoms with van der Waals surface area (Å²) in [5.41, 5.74) is 2.82. The Labute approximate surface area is 233 Å². The summed E-state index contributed by atoms with van der Waals surface area (Å²) < 4.78 is 5.11. The van der Waals surface area contributed by atoms with Gasteiger partial charge in [0.05, 0.1) is 18.8 Å². The van der Waals surface area contributed by atoms with Gasteiger partial charge in [0, 0.05) is 43.6 Å². The number of methoxy groups -OCH3 is 1. The number of nitrogens with zero attached hydrogens (tertiary/aromatic N) is 3. The quantitative estimate of drug-likeness (QED) is 0.353. The van der Waals surface area contributed by atoms with Crippen LogP contribution in [0.2, 0.25) is 0 Å². The van der Waals surface area contributed by atoms with Crippen LogP contribution in [0.3, 0.4) is 0 Å². The summed E-state index contributed by atoms with van der Waals surface area (Å²) in [7, 11) is 1.62. The van der Waals surface area contributed by atoms with E-state index in [1.54, 1.807) is 31.5 Å². The number of ether oxygens (including phenoxy) is 1. The molecule has 0 unspecified atom stereocenters. The van der Waals surface area contributed by atoms with Gasteiger partial charge in [-0.25, -0.2) is 9.97 Å². The van der Waals surface area contributed by atoms with Crippen LogP contribution < -0.4 is 21.1 Å². The SMILES string of the molecule is COCCNC(=O)[C@@H]1C[C@@H]2CCCC[C@@H]2N1c1cc(CNC(=O)c2ccc(-c3ccc(=O)[nH]c3)cc2)nc(C)n1. The number of hydrogen-bond acceptors (Lipinski definition) is 7. The lowest BCUT2D eigenvalue weighted by Crippen LogP contribution is -2.48. The van der Waals surface area contributed by atoms with Crippen LogP contribution in [0.1, 0.15) is 54.0 Å². The Hall–Kier alpha value is -4.05. The Morgan fingerprint density at radius 2 is 1.82 bits per heavy atom. The number of anilines is 1. The molecule has 1 aromatic carbocycles. The molecule has 3 N–H and O–H groups in total. The third kappa shape index (κ3) is 6.22. The number of nitrogens with one attached hydrogen (secondary N) is 3. The van der Waals surface area contributed by atoms with Crippen LogP contribution in [0.4, 0.5) is 5.82 Å². The Morgan fingerprint density at radius 3 is 2.58 bits per heavy atom. The molecule has 5 rings (SSSR count). The van der Waals surface area contributed by atoms with Crippen molar-refractivity contribution >= 4 is 17.6 Å². The summed E-state index contributed by atoms with van der Waals surface area (Å²) in [6, 6.07) is 12.3. The third-order valence-electron chi connectivity index (χ3n) is 7.83. The molecule has 2 aromatic heterocycles. The van der Waals surface area contributed by atoms with Gasteiger partial charge >= 0.3 is 0 Å². The number of fused-ring (bicyclic) bond motifs is 1. The number of aromatic amines is 1. The maximum atomic E-state index is 13.2. The van der Waals surface area contributed by atoms with Gasteiger partial charge in [-0.2, -0.15) is 0 Å². The molecule has 10 heteroatoms. The zero-order chi connectivity index (χ0) is 28.1. The molecule has 3 atom stereocenters. The fraction of sp³-hybridized carbons (Fsp3) is 0.433. The van der Waals surface area contributed by atoms with Crippen molar-refractivity contribution < 1.29 is 14.3 Å². The van der Waals surface area contributed by atoms with E-state index >= 15 is 0 Å². The highest BCUT2D eigenvalue weighted by Gasteiger charge is 2.45. The topological polar surface area (TPSA) is 129 Å². The molecule has 2 amide bonds. The fourth-order valence-corrected chi connectivity index (χ4v) is 5.93. The Balaban J connectivity index is 1.29. The molecule has 0 bridgehead atoms. The number of carbonyl (C=O) groups excluding carboxylic acids is 2. The number of hydrogen-bond donors (Lipinski definition) is 3. The maximum absolute atomic E-state index is 13.2. The van der Waals surface area contributed by atoms with E-state index in [2.05, 4.69) is 25.5 Å². The maximum Gasteiger partial charge on any atom is 0.251 e.